The Bertz CT molecular complexity index is 405. The smallest absolute Gasteiger partial charge is 0.328 e. The van der Waals surface area contributed by atoms with Gasteiger partial charge in [-0.1, -0.05) is 25.7 Å². The van der Waals surface area contributed by atoms with Gasteiger partial charge in [-0.15, -0.1) is 0 Å². The van der Waals surface area contributed by atoms with E-state index in [4.69, 9.17) is 10.2 Å². The van der Waals surface area contributed by atoms with E-state index >= 15 is 0 Å². The molecule has 1 heterocycles. The topological polar surface area (TPSA) is 116 Å². The van der Waals surface area contributed by atoms with Crippen LogP contribution >= 0.6 is 12.6 Å². The Balaban J connectivity index is 2.72. The van der Waals surface area contributed by atoms with Crippen LogP contribution in [0.3, 0.4) is 0 Å². The molecule has 8 heteroatoms. The fourth-order valence-corrected chi connectivity index (χ4v) is 2.76. The van der Waals surface area contributed by atoms with Crippen LogP contribution in [-0.4, -0.2) is 52.4 Å². The zero-order valence-corrected chi connectivity index (χ0v) is 13.3. The van der Waals surface area contributed by atoms with E-state index in [1.807, 2.05) is 0 Å². The van der Waals surface area contributed by atoms with Crippen molar-refractivity contribution in [1.82, 2.24) is 10.6 Å². The Hall–Kier alpha value is -1.28. The quantitative estimate of drug-likeness (QED) is 0.452. The number of hydrogen-bond donors (Lipinski definition) is 5. The summed E-state index contributed by atoms with van der Waals surface area (Å²) in [5, 5.41) is 22.8. The fourth-order valence-electron chi connectivity index (χ4n) is 2.41. The van der Waals surface area contributed by atoms with Crippen molar-refractivity contribution < 1.29 is 24.6 Å². The minimum absolute atomic E-state index is 0.229. The first-order chi connectivity index (χ1) is 10.5. The molecule has 3 atom stereocenters. The molecule has 1 saturated heterocycles. The van der Waals surface area contributed by atoms with Crippen molar-refractivity contribution in [1.29, 1.82) is 0 Å². The van der Waals surface area contributed by atoms with Crippen LogP contribution in [0.25, 0.3) is 0 Å². The van der Waals surface area contributed by atoms with Crippen LogP contribution in [0.2, 0.25) is 0 Å². The molecule has 0 unspecified atom stereocenters. The van der Waals surface area contributed by atoms with E-state index in [9.17, 15) is 14.4 Å². The van der Waals surface area contributed by atoms with Crippen molar-refractivity contribution in [3.63, 3.8) is 0 Å². The van der Waals surface area contributed by atoms with E-state index in [0.717, 1.165) is 32.1 Å². The summed E-state index contributed by atoms with van der Waals surface area (Å²) in [4.78, 5) is 35.2. The molecule has 1 aliphatic heterocycles. The molecular formula is C14H24N2O5S. The molecule has 0 aromatic rings. The largest absolute Gasteiger partial charge is 0.480 e. The van der Waals surface area contributed by atoms with Gasteiger partial charge in [0.2, 0.25) is 11.8 Å². The molecule has 1 aliphatic rings. The van der Waals surface area contributed by atoms with Crippen LogP contribution in [0.5, 0.6) is 0 Å². The van der Waals surface area contributed by atoms with Gasteiger partial charge in [0, 0.05) is 11.7 Å². The third-order valence-electron chi connectivity index (χ3n) is 3.82. The molecule has 0 saturated carbocycles. The van der Waals surface area contributed by atoms with E-state index in [2.05, 4.69) is 23.3 Å². The average Bonchev–Trinajstić information content (AvgIpc) is 2.49. The lowest BCUT2D eigenvalue weighted by molar-refractivity contribution is -0.143. The summed E-state index contributed by atoms with van der Waals surface area (Å²) >= 11 is 4.17. The number of carboxylic acid groups (broad SMARTS) is 1. The predicted octanol–water partition coefficient (Wildman–Crippen LogP) is -0.0669. The number of carboxylic acids is 1. The number of aliphatic carboxylic acids is 1. The Morgan fingerprint density at radius 3 is 2.45 bits per heavy atom. The van der Waals surface area contributed by atoms with E-state index in [0.29, 0.717) is 12.2 Å². The van der Waals surface area contributed by atoms with Gasteiger partial charge in [-0.3, -0.25) is 9.59 Å². The highest BCUT2D eigenvalue weighted by Crippen LogP contribution is 2.17. The lowest BCUT2D eigenvalue weighted by Gasteiger charge is -2.24. The summed E-state index contributed by atoms with van der Waals surface area (Å²) in [6.45, 7) is -0.693. The molecule has 0 aliphatic carbocycles. The maximum absolute atomic E-state index is 12.2. The van der Waals surface area contributed by atoms with Crippen molar-refractivity contribution in [3.05, 3.63) is 0 Å². The zero-order valence-electron chi connectivity index (χ0n) is 12.5. The highest BCUT2D eigenvalue weighted by molar-refractivity contribution is 7.80. The molecular weight excluding hydrogens is 308 g/mol. The number of aliphatic hydroxyl groups excluding tert-OH is 1. The summed E-state index contributed by atoms with van der Waals surface area (Å²) in [7, 11) is 0. The number of amides is 2. The maximum Gasteiger partial charge on any atom is 0.328 e. The van der Waals surface area contributed by atoms with Gasteiger partial charge < -0.3 is 20.8 Å². The van der Waals surface area contributed by atoms with E-state index in [-0.39, 0.29) is 11.8 Å². The SMILES string of the molecule is O=C1N[C@@H](C(=O)N[C@@H](CO)C(=O)O)CCCCCC[C@@H]1CS. The van der Waals surface area contributed by atoms with Gasteiger partial charge in [0.15, 0.2) is 0 Å². The number of carbonyl (C=O) groups excluding carboxylic acids is 2. The van der Waals surface area contributed by atoms with Crippen LogP contribution in [-0.2, 0) is 14.4 Å². The third kappa shape index (κ3) is 5.84. The Kier molecular flexibility index (Phi) is 8.26. The number of hydrogen-bond acceptors (Lipinski definition) is 5. The zero-order chi connectivity index (χ0) is 16.5. The highest BCUT2D eigenvalue weighted by Gasteiger charge is 2.28. The lowest BCUT2D eigenvalue weighted by Crippen LogP contribution is -2.53. The monoisotopic (exact) mass is 332 g/mol. The van der Waals surface area contributed by atoms with Crippen LogP contribution in [0.4, 0.5) is 0 Å². The summed E-state index contributed by atoms with van der Waals surface area (Å²) in [6, 6.07) is -2.14. The molecule has 1 rings (SSSR count). The summed E-state index contributed by atoms with van der Waals surface area (Å²) in [6.07, 6.45) is 4.89. The maximum atomic E-state index is 12.2. The molecule has 22 heavy (non-hydrogen) atoms. The second-order valence-electron chi connectivity index (χ2n) is 5.51. The number of rotatable bonds is 5. The van der Waals surface area contributed by atoms with E-state index < -0.39 is 30.6 Å². The molecule has 7 nitrogen and oxygen atoms in total. The van der Waals surface area contributed by atoms with Gasteiger partial charge in [-0.2, -0.15) is 12.6 Å². The second kappa shape index (κ2) is 9.68. The predicted molar refractivity (Wildman–Crippen MR) is 83.6 cm³/mol. The molecule has 126 valence electrons. The molecule has 0 bridgehead atoms. The number of aliphatic hydroxyl groups is 1. The first kappa shape index (κ1) is 18.8. The molecule has 4 N–H and O–H groups in total. The first-order valence-electron chi connectivity index (χ1n) is 7.54. The van der Waals surface area contributed by atoms with Gasteiger partial charge >= 0.3 is 5.97 Å². The normalized spacial score (nSPS) is 24.9. The lowest BCUT2D eigenvalue weighted by atomic mass is 9.97. The van der Waals surface area contributed by atoms with Gasteiger partial charge in [-0.05, 0) is 12.8 Å². The van der Waals surface area contributed by atoms with Crippen LogP contribution in [0.15, 0.2) is 0 Å². The average molecular weight is 332 g/mol. The molecule has 2 amide bonds. The summed E-state index contributed by atoms with van der Waals surface area (Å²) in [5.74, 6) is -1.95. The van der Waals surface area contributed by atoms with Crippen molar-refractivity contribution >= 4 is 30.4 Å². The Morgan fingerprint density at radius 1 is 1.27 bits per heavy atom. The standard InChI is InChI=1S/C14H24N2O5S/c17-7-11(14(20)21)16-13(19)10-6-4-2-1-3-5-9(8-22)12(18)15-10/h9-11,17,22H,1-8H2,(H,15,18)(H,16,19)(H,20,21)/t9-,10-,11+/m1/s1. The minimum Gasteiger partial charge on any atom is -0.480 e. The van der Waals surface area contributed by atoms with Crippen molar-refractivity contribution in [2.24, 2.45) is 5.92 Å². The molecule has 0 radical (unpaired) electrons. The fraction of sp³-hybridized carbons (Fsp3) is 0.786. The molecule has 1 fully saturated rings. The first-order valence-corrected chi connectivity index (χ1v) is 8.18. The Labute approximate surface area is 135 Å². The van der Waals surface area contributed by atoms with Gasteiger partial charge in [0.1, 0.15) is 12.1 Å². The molecule has 0 aromatic heterocycles. The summed E-state index contributed by atoms with van der Waals surface area (Å²) in [5.41, 5.74) is 0. The highest BCUT2D eigenvalue weighted by atomic mass is 32.1. The third-order valence-corrected chi connectivity index (χ3v) is 4.26. The van der Waals surface area contributed by atoms with Gasteiger partial charge in [-0.25, -0.2) is 4.79 Å². The van der Waals surface area contributed by atoms with E-state index in [1.165, 1.54) is 0 Å². The van der Waals surface area contributed by atoms with Crippen molar-refractivity contribution in [2.45, 2.75) is 50.6 Å². The minimum atomic E-state index is -1.36. The number of thiol groups is 1. The number of nitrogens with one attached hydrogen (secondary N) is 2. The summed E-state index contributed by atoms with van der Waals surface area (Å²) < 4.78 is 0. The van der Waals surface area contributed by atoms with E-state index in [1.54, 1.807) is 0 Å². The van der Waals surface area contributed by atoms with Gasteiger partial charge in [0.25, 0.3) is 0 Å². The van der Waals surface area contributed by atoms with Crippen molar-refractivity contribution in [2.75, 3.05) is 12.4 Å². The van der Waals surface area contributed by atoms with Crippen LogP contribution in [0, 0.1) is 5.92 Å². The van der Waals surface area contributed by atoms with Crippen molar-refractivity contribution in [3.8, 4) is 0 Å². The van der Waals surface area contributed by atoms with Gasteiger partial charge in [0.05, 0.1) is 6.61 Å². The Morgan fingerprint density at radius 2 is 1.91 bits per heavy atom. The van der Waals surface area contributed by atoms with Crippen LogP contribution < -0.4 is 10.6 Å². The molecule has 0 spiro atoms. The van der Waals surface area contributed by atoms with Crippen LogP contribution in [0.1, 0.15) is 38.5 Å². The second-order valence-corrected chi connectivity index (χ2v) is 5.88. The molecule has 0 aromatic carbocycles. The number of carbonyl (C=O) groups is 3.